The first-order valence-corrected chi connectivity index (χ1v) is 11.8. The monoisotopic (exact) mass is 492 g/mol. The molecule has 0 aromatic carbocycles. The highest BCUT2D eigenvalue weighted by Crippen LogP contribution is 2.66. The van der Waals surface area contributed by atoms with E-state index in [9.17, 15) is 24.9 Å². The van der Waals surface area contributed by atoms with Crippen LogP contribution in [0, 0.1) is 5.41 Å². The van der Waals surface area contributed by atoms with Crippen molar-refractivity contribution in [1.82, 2.24) is 0 Å². The molecule has 7 atom stereocenters. The lowest BCUT2D eigenvalue weighted by molar-refractivity contribution is -0.284. The molecule has 2 saturated heterocycles. The average Bonchev–Trinajstić information content (AvgIpc) is 3.39. The number of hydrogen-bond donors (Lipinski definition) is 4. The summed E-state index contributed by atoms with van der Waals surface area (Å²) in [6, 6.07) is 0. The Hall–Kier alpha value is -2.30. The summed E-state index contributed by atoms with van der Waals surface area (Å²) >= 11 is 0. The molecule has 3 rings (SSSR count). The van der Waals surface area contributed by atoms with Crippen molar-refractivity contribution in [3.05, 3.63) is 47.6 Å². The molecule has 0 aromatic heterocycles. The highest BCUT2D eigenvalue weighted by molar-refractivity contribution is 5.83. The van der Waals surface area contributed by atoms with Gasteiger partial charge in [-0.3, -0.25) is 0 Å². The summed E-state index contributed by atoms with van der Waals surface area (Å²) < 4.78 is 16.1. The van der Waals surface area contributed by atoms with Crippen LogP contribution in [-0.2, 0) is 23.8 Å². The highest BCUT2D eigenvalue weighted by atomic mass is 16.7. The number of carbonyl (C=O) groups is 2. The molecule has 1 aliphatic carbocycles. The number of allylic oxidation sites excluding steroid dienone is 6. The number of carboxylic acids is 1. The average molecular weight is 493 g/mol. The van der Waals surface area contributed by atoms with Gasteiger partial charge in [0.25, 0.3) is 0 Å². The lowest BCUT2D eigenvalue weighted by Gasteiger charge is -2.37. The number of aliphatic hydroxyl groups is 3. The zero-order chi connectivity index (χ0) is 26.2. The molecule has 2 unspecified atom stereocenters. The Morgan fingerprint density at radius 3 is 2.29 bits per heavy atom. The summed E-state index contributed by atoms with van der Waals surface area (Å²) in [4.78, 5) is 23.3. The summed E-state index contributed by atoms with van der Waals surface area (Å²) in [7, 11) is 0. The number of rotatable bonds is 7. The number of carbonyl (C=O) groups excluding carboxylic acids is 1. The Labute approximate surface area is 205 Å². The van der Waals surface area contributed by atoms with Crippen LogP contribution in [-0.4, -0.2) is 74.3 Å². The topological polar surface area (TPSA) is 146 Å². The van der Waals surface area contributed by atoms with Gasteiger partial charge in [0, 0.05) is 11.5 Å². The molecule has 9 heteroatoms. The number of esters is 1. The summed E-state index contributed by atoms with van der Waals surface area (Å²) in [5.41, 5.74) is 1.27. The van der Waals surface area contributed by atoms with Crippen LogP contribution in [0.5, 0.6) is 0 Å². The minimum absolute atomic E-state index is 0.0700. The molecule has 0 radical (unpaired) electrons. The van der Waals surface area contributed by atoms with Gasteiger partial charge in [-0.2, -0.15) is 0 Å². The van der Waals surface area contributed by atoms with E-state index in [0.717, 1.165) is 24.5 Å². The molecule has 2 aliphatic heterocycles. The van der Waals surface area contributed by atoms with Gasteiger partial charge < -0.3 is 34.6 Å². The van der Waals surface area contributed by atoms with Gasteiger partial charge in [0.05, 0.1) is 5.60 Å². The Balaban J connectivity index is 1.58. The zero-order valence-electron chi connectivity index (χ0n) is 20.8. The van der Waals surface area contributed by atoms with Crippen molar-refractivity contribution in [1.29, 1.82) is 0 Å². The maximum Gasteiger partial charge on any atom is 0.335 e. The highest BCUT2D eigenvalue weighted by Gasteiger charge is 2.73. The van der Waals surface area contributed by atoms with Crippen molar-refractivity contribution < 1.29 is 44.2 Å². The second-order valence-corrected chi connectivity index (χ2v) is 10.5. The molecule has 9 nitrogen and oxygen atoms in total. The van der Waals surface area contributed by atoms with Crippen molar-refractivity contribution in [2.24, 2.45) is 5.41 Å². The standard InChI is InChI=1S/C26H36O9/c1-15(10-13-26-24(3,4)11-7-12-25(26,5)35-26)8-6-9-16(2)14-17(27)33-23-20(30)18(28)19(29)21(34-23)22(31)32/h6,8-10,13-14,18-21,23,28-30H,7,11-12H2,1-5H3,(H,31,32)/b9-6+,13-10+,15-8+,16-14+/t18-,19-,20+,21-,23+,25?,26?/m0/s1. The number of epoxide rings is 1. The Morgan fingerprint density at radius 2 is 1.66 bits per heavy atom. The van der Waals surface area contributed by atoms with Crippen LogP contribution < -0.4 is 0 Å². The van der Waals surface area contributed by atoms with Crippen LogP contribution in [0.2, 0.25) is 0 Å². The van der Waals surface area contributed by atoms with E-state index < -0.39 is 42.6 Å². The van der Waals surface area contributed by atoms with Crippen molar-refractivity contribution in [2.45, 2.75) is 95.8 Å². The number of aliphatic hydroxyl groups excluding tert-OH is 3. The van der Waals surface area contributed by atoms with Crippen LogP contribution in [0.1, 0.15) is 53.9 Å². The third-order valence-electron chi connectivity index (χ3n) is 7.28. The van der Waals surface area contributed by atoms with Gasteiger partial charge in [-0.05, 0) is 51.7 Å². The fraction of sp³-hybridized carbons (Fsp3) is 0.615. The van der Waals surface area contributed by atoms with Gasteiger partial charge in [-0.1, -0.05) is 43.7 Å². The maximum absolute atomic E-state index is 12.2. The van der Waals surface area contributed by atoms with Crippen molar-refractivity contribution in [3.63, 3.8) is 0 Å². The normalized spacial score (nSPS) is 39.5. The summed E-state index contributed by atoms with van der Waals surface area (Å²) in [6.07, 6.45) is 5.01. The minimum atomic E-state index is -1.86. The molecule has 3 fully saturated rings. The predicted molar refractivity (Wildman–Crippen MR) is 126 cm³/mol. The summed E-state index contributed by atoms with van der Waals surface area (Å²) in [5, 5.41) is 38.5. The molecular weight excluding hydrogens is 456 g/mol. The molecule has 3 aliphatic rings. The van der Waals surface area contributed by atoms with Gasteiger partial charge in [-0.15, -0.1) is 0 Å². The van der Waals surface area contributed by atoms with Gasteiger partial charge >= 0.3 is 11.9 Å². The van der Waals surface area contributed by atoms with E-state index >= 15 is 0 Å². The van der Waals surface area contributed by atoms with E-state index in [-0.39, 0.29) is 16.6 Å². The smallest absolute Gasteiger partial charge is 0.335 e. The number of fused-ring (bicyclic) bond motifs is 1. The number of carboxylic acid groups (broad SMARTS) is 1. The van der Waals surface area contributed by atoms with Crippen LogP contribution in [0.3, 0.4) is 0 Å². The fourth-order valence-corrected chi connectivity index (χ4v) is 5.10. The first kappa shape index (κ1) is 27.3. The number of ether oxygens (including phenoxy) is 3. The van der Waals surface area contributed by atoms with E-state index in [0.29, 0.717) is 5.57 Å². The second-order valence-electron chi connectivity index (χ2n) is 10.5. The third-order valence-corrected chi connectivity index (χ3v) is 7.28. The molecular formula is C26H36O9. The van der Waals surface area contributed by atoms with E-state index in [4.69, 9.17) is 19.3 Å². The summed E-state index contributed by atoms with van der Waals surface area (Å²) in [6.45, 7) is 10.3. The molecule has 0 bridgehead atoms. The van der Waals surface area contributed by atoms with Crippen LogP contribution >= 0.6 is 0 Å². The van der Waals surface area contributed by atoms with Crippen LogP contribution in [0.4, 0.5) is 0 Å². The number of aliphatic carboxylic acids is 1. The Morgan fingerprint density at radius 1 is 0.971 bits per heavy atom. The Kier molecular flexibility index (Phi) is 7.79. The first-order valence-electron chi connectivity index (χ1n) is 11.8. The quantitative estimate of drug-likeness (QED) is 0.182. The van der Waals surface area contributed by atoms with Crippen molar-refractivity contribution in [3.8, 4) is 0 Å². The maximum atomic E-state index is 12.2. The zero-order valence-corrected chi connectivity index (χ0v) is 20.8. The molecule has 4 N–H and O–H groups in total. The van der Waals surface area contributed by atoms with E-state index in [1.165, 1.54) is 6.42 Å². The predicted octanol–water partition coefficient (Wildman–Crippen LogP) is 2.16. The van der Waals surface area contributed by atoms with Crippen molar-refractivity contribution in [2.75, 3.05) is 0 Å². The van der Waals surface area contributed by atoms with E-state index in [1.807, 2.05) is 13.0 Å². The molecule has 2 heterocycles. The largest absolute Gasteiger partial charge is 0.479 e. The minimum Gasteiger partial charge on any atom is -0.479 e. The summed E-state index contributed by atoms with van der Waals surface area (Å²) in [5.74, 6) is -2.45. The van der Waals surface area contributed by atoms with Gasteiger partial charge in [0.15, 0.2) is 6.10 Å². The van der Waals surface area contributed by atoms with Gasteiger partial charge in [-0.25, -0.2) is 9.59 Å². The van der Waals surface area contributed by atoms with Crippen LogP contribution in [0.15, 0.2) is 47.6 Å². The molecule has 35 heavy (non-hydrogen) atoms. The second kappa shape index (κ2) is 9.99. The molecule has 194 valence electrons. The van der Waals surface area contributed by atoms with E-state index in [2.05, 4.69) is 32.9 Å². The lowest BCUT2D eigenvalue weighted by atomic mass is 9.64. The number of hydrogen-bond acceptors (Lipinski definition) is 8. The molecule has 0 spiro atoms. The lowest BCUT2D eigenvalue weighted by Crippen LogP contribution is -2.60. The fourth-order valence-electron chi connectivity index (χ4n) is 5.10. The molecule has 0 amide bonds. The molecule has 1 saturated carbocycles. The Bertz CT molecular complexity index is 962. The molecule has 0 aromatic rings. The third kappa shape index (κ3) is 5.44. The van der Waals surface area contributed by atoms with Gasteiger partial charge in [0.1, 0.15) is 23.9 Å². The SMILES string of the molecule is CC(/C=C/C12OC1(C)CCCC2(C)C)=C\C=C\C(C)=C\C(=O)O[C@@H]1O[C@H](C(=O)O)[C@@H](O)[C@H](O)[C@H]1O. The van der Waals surface area contributed by atoms with Crippen LogP contribution in [0.25, 0.3) is 0 Å². The van der Waals surface area contributed by atoms with Crippen molar-refractivity contribution >= 4 is 11.9 Å². The first-order chi connectivity index (χ1) is 16.2. The van der Waals surface area contributed by atoms with Gasteiger partial charge in [0.2, 0.25) is 6.29 Å². The van der Waals surface area contributed by atoms with E-state index in [1.54, 1.807) is 19.1 Å².